The van der Waals surface area contributed by atoms with Crippen molar-refractivity contribution in [1.29, 1.82) is 0 Å². The number of carbonyl (C=O) groups excluding carboxylic acids is 1. The molecule has 0 aliphatic rings. The summed E-state index contributed by atoms with van der Waals surface area (Å²) < 4.78 is 6.56. The highest BCUT2D eigenvalue weighted by Gasteiger charge is 2.13. The average molecular weight is 326 g/mol. The van der Waals surface area contributed by atoms with Crippen LogP contribution in [0, 0.1) is 0 Å². The fourth-order valence-corrected chi connectivity index (χ4v) is 3.42. The Hall–Kier alpha value is -1.70. The van der Waals surface area contributed by atoms with E-state index in [0.29, 0.717) is 21.4 Å². The second kappa shape index (κ2) is 5.35. The van der Waals surface area contributed by atoms with Gasteiger partial charge in [0.2, 0.25) is 0 Å². The molecule has 3 rings (SSSR count). The molecule has 0 spiro atoms. The zero-order chi connectivity index (χ0) is 14.1. The second-order valence-electron chi connectivity index (χ2n) is 3.73. The minimum absolute atomic E-state index is 0.385. The first-order valence-electron chi connectivity index (χ1n) is 5.51. The fraction of sp³-hybridized carbons (Fsp3) is 0.0833. The van der Waals surface area contributed by atoms with Gasteiger partial charge >= 0.3 is 5.97 Å². The Labute approximate surface area is 127 Å². The third-order valence-electron chi connectivity index (χ3n) is 2.60. The van der Waals surface area contributed by atoms with Crippen LogP contribution in [0.4, 0.5) is 5.69 Å². The number of imidazole rings is 1. The van der Waals surface area contributed by atoms with E-state index >= 15 is 0 Å². The molecular weight excluding hydrogens is 318 g/mol. The molecule has 0 N–H and O–H groups in total. The Morgan fingerprint density at radius 1 is 1.50 bits per heavy atom. The lowest BCUT2D eigenvalue weighted by molar-refractivity contribution is 0.0607. The number of carbonyl (C=O) groups is 1. The van der Waals surface area contributed by atoms with Crippen LogP contribution in [-0.2, 0) is 4.74 Å². The number of rotatable bonds is 3. The SMILES string of the molecule is COC(=O)c1sccc1N=Cc1c(Cl)nc2sccn12. The van der Waals surface area contributed by atoms with E-state index in [-0.39, 0.29) is 0 Å². The number of fused-ring (bicyclic) bond motifs is 1. The normalized spacial score (nSPS) is 11.5. The molecule has 0 saturated carbocycles. The number of thiophene rings is 1. The third kappa shape index (κ3) is 2.24. The van der Waals surface area contributed by atoms with E-state index in [1.54, 1.807) is 17.7 Å². The van der Waals surface area contributed by atoms with E-state index in [2.05, 4.69) is 9.98 Å². The van der Waals surface area contributed by atoms with Crippen LogP contribution in [0.25, 0.3) is 4.96 Å². The minimum Gasteiger partial charge on any atom is -0.465 e. The topological polar surface area (TPSA) is 56.0 Å². The van der Waals surface area contributed by atoms with Gasteiger partial charge in [0.25, 0.3) is 0 Å². The molecular formula is C12H8ClN3O2S2. The Kier molecular flexibility index (Phi) is 3.56. The van der Waals surface area contributed by atoms with Gasteiger partial charge in [-0.25, -0.2) is 9.78 Å². The molecule has 0 radical (unpaired) electrons. The number of ether oxygens (including phenoxy) is 1. The molecule has 5 nitrogen and oxygen atoms in total. The first kappa shape index (κ1) is 13.3. The lowest BCUT2D eigenvalue weighted by atomic mass is 10.4. The number of halogens is 1. The number of hydrogen-bond donors (Lipinski definition) is 0. The van der Waals surface area contributed by atoms with E-state index in [1.165, 1.54) is 29.8 Å². The average Bonchev–Trinajstić information content (AvgIpc) is 3.12. The first-order valence-corrected chi connectivity index (χ1v) is 7.65. The summed E-state index contributed by atoms with van der Waals surface area (Å²) in [6, 6.07) is 1.76. The van der Waals surface area contributed by atoms with Gasteiger partial charge in [-0.15, -0.1) is 22.7 Å². The number of hydrogen-bond acceptors (Lipinski definition) is 6. The lowest BCUT2D eigenvalue weighted by Crippen LogP contribution is -1.98. The van der Waals surface area contributed by atoms with Crippen LogP contribution in [0.1, 0.15) is 15.4 Å². The summed E-state index contributed by atoms with van der Waals surface area (Å²) in [6.45, 7) is 0. The zero-order valence-electron chi connectivity index (χ0n) is 10.2. The summed E-state index contributed by atoms with van der Waals surface area (Å²) in [4.78, 5) is 21.4. The van der Waals surface area contributed by atoms with Crippen LogP contribution in [-0.4, -0.2) is 28.7 Å². The maximum absolute atomic E-state index is 11.6. The number of methoxy groups -OCH3 is 1. The summed E-state index contributed by atoms with van der Waals surface area (Å²) in [5.41, 5.74) is 1.24. The quantitative estimate of drug-likeness (QED) is 0.545. The van der Waals surface area contributed by atoms with Gasteiger partial charge < -0.3 is 4.74 Å². The summed E-state index contributed by atoms with van der Waals surface area (Å²) in [5, 5.41) is 4.09. The summed E-state index contributed by atoms with van der Waals surface area (Å²) in [7, 11) is 1.35. The van der Waals surface area contributed by atoms with Gasteiger partial charge in [0.1, 0.15) is 10.6 Å². The summed E-state index contributed by atoms with van der Waals surface area (Å²) in [6.07, 6.45) is 3.47. The van der Waals surface area contributed by atoms with Gasteiger partial charge in [-0.1, -0.05) is 11.6 Å². The van der Waals surface area contributed by atoms with Gasteiger partial charge in [-0.2, -0.15) is 0 Å². The molecule has 0 saturated heterocycles. The van der Waals surface area contributed by atoms with Crippen molar-refractivity contribution in [3.8, 4) is 0 Å². The van der Waals surface area contributed by atoms with Crippen molar-refractivity contribution in [3.63, 3.8) is 0 Å². The second-order valence-corrected chi connectivity index (χ2v) is 5.88. The van der Waals surface area contributed by atoms with Crippen LogP contribution < -0.4 is 0 Å². The maximum Gasteiger partial charge on any atom is 0.350 e. The van der Waals surface area contributed by atoms with E-state index in [4.69, 9.17) is 16.3 Å². The smallest absolute Gasteiger partial charge is 0.350 e. The lowest BCUT2D eigenvalue weighted by Gasteiger charge is -1.96. The van der Waals surface area contributed by atoms with Crippen LogP contribution >= 0.6 is 34.3 Å². The predicted octanol–water partition coefficient (Wildman–Crippen LogP) is 3.65. The van der Waals surface area contributed by atoms with Gasteiger partial charge in [-0.3, -0.25) is 9.39 Å². The Balaban J connectivity index is 1.98. The molecule has 3 heterocycles. The van der Waals surface area contributed by atoms with Gasteiger partial charge in [0, 0.05) is 11.6 Å². The van der Waals surface area contributed by atoms with Gasteiger partial charge in [0.15, 0.2) is 10.1 Å². The maximum atomic E-state index is 11.6. The van der Waals surface area contributed by atoms with Crippen LogP contribution in [0.5, 0.6) is 0 Å². The van der Waals surface area contributed by atoms with Crippen LogP contribution in [0.3, 0.4) is 0 Å². The molecule has 0 aromatic carbocycles. The zero-order valence-corrected chi connectivity index (χ0v) is 12.6. The largest absolute Gasteiger partial charge is 0.465 e. The van der Waals surface area contributed by atoms with Crippen molar-refractivity contribution in [2.24, 2.45) is 4.99 Å². The molecule has 0 atom stereocenters. The van der Waals surface area contributed by atoms with Crippen LogP contribution in [0.15, 0.2) is 28.0 Å². The molecule has 0 aliphatic carbocycles. The Morgan fingerprint density at radius 2 is 2.35 bits per heavy atom. The minimum atomic E-state index is -0.396. The first-order chi connectivity index (χ1) is 9.70. The van der Waals surface area contributed by atoms with E-state index in [9.17, 15) is 4.79 Å². The van der Waals surface area contributed by atoms with E-state index in [1.807, 2.05) is 16.0 Å². The molecule has 102 valence electrons. The van der Waals surface area contributed by atoms with Crippen molar-refractivity contribution in [3.05, 3.63) is 38.7 Å². The molecule has 20 heavy (non-hydrogen) atoms. The number of esters is 1. The highest BCUT2D eigenvalue weighted by atomic mass is 35.5. The molecule has 0 unspecified atom stereocenters. The van der Waals surface area contributed by atoms with Crippen molar-refractivity contribution in [1.82, 2.24) is 9.38 Å². The van der Waals surface area contributed by atoms with Crippen LogP contribution in [0.2, 0.25) is 5.15 Å². The molecule has 0 aliphatic heterocycles. The van der Waals surface area contributed by atoms with Crippen molar-refractivity contribution < 1.29 is 9.53 Å². The predicted molar refractivity (Wildman–Crippen MR) is 81.0 cm³/mol. The Morgan fingerprint density at radius 3 is 3.15 bits per heavy atom. The fourth-order valence-electron chi connectivity index (χ4n) is 1.67. The molecule has 3 aromatic heterocycles. The number of aliphatic imine (C=N–C) groups is 1. The van der Waals surface area contributed by atoms with E-state index in [0.717, 1.165) is 4.96 Å². The molecule has 0 amide bonds. The third-order valence-corrected chi connectivity index (χ3v) is 4.51. The number of thiazole rings is 1. The summed E-state index contributed by atoms with van der Waals surface area (Å²) in [5.74, 6) is -0.396. The Bertz CT molecular complexity index is 803. The molecule has 0 bridgehead atoms. The van der Waals surface area contributed by atoms with Crippen molar-refractivity contribution >= 4 is 57.1 Å². The molecule has 3 aromatic rings. The van der Waals surface area contributed by atoms with E-state index < -0.39 is 5.97 Å². The summed E-state index contributed by atoms with van der Waals surface area (Å²) >= 11 is 8.85. The molecule has 8 heteroatoms. The van der Waals surface area contributed by atoms with Crippen molar-refractivity contribution in [2.45, 2.75) is 0 Å². The molecule has 0 fully saturated rings. The standard InChI is InChI=1S/C12H8ClN3O2S2/c1-18-11(17)9-7(2-4-19-9)14-6-8-10(13)15-12-16(8)3-5-20-12/h2-6H,1H3. The number of aromatic nitrogens is 2. The van der Waals surface area contributed by atoms with Gasteiger partial charge in [0.05, 0.1) is 19.0 Å². The monoisotopic (exact) mass is 325 g/mol. The highest BCUT2D eigenvalue weighted by molar-refractivity contribution is 7.15. The van der Waals surface area contributed by atoms with Gasteiger partial charge in [-0.05, 0) is 11.4 Å². The highest BCUT2D eigenvalue weighted by Crippen LogP contribution is 2.27. The number of nitrogens with zero attached hydrogens (tertiary/aromatic N) is 3. The van der Waals surface area contributed by atoms with Crippen molar-refractivity contribution in [2.75, 3.05) is 7.11 Å².